The summed E-state index contributed by atoms with van der Waals surface area (Å²) in [5, 5.41) is 11.1. The van der Waals surface area contributed by atoms with Crippen LogP contribution in [-0.4, -0.2) is 19.1 Å². The molecule has 0 unspecified atom stereocenters. The maximum absolute atomic E-state index is 11.1. The molecule has 0 saturated heterocycles. The molecule has 0 radical (unpaired) electrons. The van der Waals surface area contributed by atoms with Crippen LogP contribution in [0.15, 0.2) is 12.1 Å². The molecule has 19 heavy (non-hydrogen) atoms. The van der Waals surface area contributed by atoms with E-state index < -0.39 is 11.0 Å². The lowest BCUT2D eigenvalue weighted by Crippen LogP contribution is -2.15. The summed E-state index contributed by atoms with van der Waals surface area (Å²) >= 11 is 0. The molecule has 0 aliphatic heterocycles. The van der Waals surface area contributed by atoms with Crippen LogP contribution in [0.1, 0.15) is 31.9 Å². The fourth-order valence-electron chi connectivity index (χ4n) is 1.97. The third kappa shape index (κ3) is 3.57. The molecule has 0 spiro atoms. The topological polar surface area (TPSA) is 87.6 Å². The fraction of sp³-hybridized carbons (Fsp3) is 0.538. The Morgan fingerprint density at radius 1 is 1.26 bits per heavy atom. The average molecular weight is 268 g/mol. The van der Waals surface area contributed by atoms with Crippen LogP contribution in [-0.2, 0) is 0 Å². The van der Waals surface area contributed by atoms with E-state index in [9.17, 15) is 10.1 Å². The molecule has 0 amide bonds. The van der Waals surface area contributed by atoms with Gasteiger partial charge >= 0.3 is 0 Å². The molecular formula is C13H20N2O4. The summed E-state index contributed by atoms with van der Waals surface area (Å²) in [4.78, 5) is 10.7. The van der Waals surface area contributed by atoms with Gasteiger partial charge < -0.3 is 15.2 Å². The van der Waals surface area contributed by atoms with E-state index >= 15 is 0 Å². The van der Waals surface area contributed by atoms with E-state index in [0.29, 0.717) is 29.4 Å². The molecule has 6 heteroatoms. The maximum Gasteiger partial charge on any atom is 0.278 e. The third-order valence-electron chi connectivity index (χ3n) is 2.85. The van der Waals surface area contributed by atoms with Crippen LogP contribution in [0.2, 0.25) is 0 Å². The van der Waals surface area contributed by atoms with Crippen LogP contribution in [0.25, 0.3) is 0 Å². The Bertz CT molecular complexity index is 460. The minimum atomic E-state index is -0.447. The van der Waals surface area contributed by atoms with E-state index in [1.165, 1.54) is 20.3 Å². The summed E-state index contributed by atoms with van der Waals surface area (Å²) in [6.07, 6.45) is 0.663. The number of rotatable bonds is 6. The smallest absolute Gasteiger partial charge is 0.278 e. The molecule has 2 N–H and O–H groups in total. The minimum absolute atomic E-state index is 0.0363. The zero-order chi connectivity index (χ0) is 14.6. The van der Waals surface area contributed by atoms with E-state index in [1.807, 2.05) is 13.8 Å². The number of nitro benzene ring substituents is 1. The number of ether oxygens (including phenoxy) is 2. The molecule has 0 fully saturated rings. The van der Waals surface area contributed by atoms with Crippen LogP contribution in [0.5, 0.6) is 11.5 Å². The molecule has 0 bridgehead atoms. The quantitative estimate of drug-likeness (QED) is 0.633. The Morgan fingerprint density at radius 2 is 1.79 bits per heavy atom. The molecule has 0 saturated carbocycles. The molecule has 106 valence electrons. The highest BCUT2D eigenvalue weighted by atomic mass is 16.6. The van der Waals surface area contributed by atoms with E-state index in [1.54, 1.807) is 6.07 Å². The summed E-state index contributed by atoms with van der Waals surface area (Å²) in [7, 11) is 2.93. The van der Waals surface area contributed by atoms with Gasteiger partial charge in [-0.25, -0.2) is 0 Å². The van der Waals surface area contributed by atoms with Crippen molar-refractivity contribution in [3.8, 4) is 11.5 Å². The van der Waals surface area contributed by atoms with Crippen LogP contribution < -0.4 is 15.2 Å². The summed E-state index contributed by atoms with van der Waals surface area (Å²) < 4.78 is 10.2. The Balaban J connectivity index is 3.30. The number of hydrogen-bond donors (Lipinski definition) is 1. The fourth-order valence-corrected chi connectivity index (χ4v) is 1.97. The molecule has 1 aromatic rings. The van der Waals surface area contributed by atoms with E-state index in [4.69, 9.17) is 15.2 Å². The Kier molecular flexibility index (Phi) is 5.11. The molecule has 6 nitrogen and oxygen atoms in total. The van der Waals surface area contributed by atoms with Crippen LogP contribution in [0.4, 0.5) is 5.69 Å². The normalized spacial score (nSPS) is 12.3. The maximum atomic E-state index is 11.1. The Morgan fingerprint density at radius 3 is 2.21 bits per heavy atom. The van der Waals surface area contributed by atoms with Crippen molar-refractivity contribution in [1.82, 2.24) is 0 Å². The molecule has 1 aromatic carbocycles. The van der Waals surface area contributed by atoms with Crippen molar-refractivity contribution >= 4 is 5.69 Å². The first-order valence-electron chi connectivity index (χ1n) is 6.06. The number of methoxy groups -OCH3 is 2. The molecule has 1 rings (SSSR count). The first kappa shape index (κ1) is 15.2. The second-order valence-electron chi connectivity index (χ2n) is 4.76. The number of nitrogens with two attached hydrogens (primary N) is 1. The monoisotopic (exact) mass is 268 g/mol. The summed E-state index contributed by atoms with van der Waals surface area (Å²) in [5.74, 6) is 1.12. The lowest BCUT2D eigenvalue weighted by Gasteiger charge is -2.17. The zero-order valence-electron chi connectivity index (χ0n) is 11.7. The van der Waals surface area contributed by atoms with Gasteiger partial charge in [-0.1, -0.05) is 13.8 Å². The number of hydrogen-bond acceptors (Lipinski definition) is 5. The molecular weight excluding hydrogens is 248 g/mol. The first-order chi connectivity index (χ1) is 8.90. The Hall–Kier alpha value is -1.82. The lowest BCUT2D eigenvalue weighted by atomic mass is 9.96. The third-order valence-corrected chi connectivity index (χ3v) is 2.85. The van der Waals surface area contributed by atoms with Gasteiger partial charge in [-0.15, -0.1) is 0 Å². The second kappa shape index (κ2) is 6.38. The number of nitrogens with zero attached hydrogens (tertiary/aromatic N) is 1. The van der Waals surface area contributed by atoms with E-state index in [0.717, 1.165) is 0 Å². The highest BCUT2D eigenvalue weighted by Crippen LogP contribution is 2.38. The van der Waals surface area contributed by atoms with Crippen molar-refractivity contribution in [1.29, 1.82) is 0 Å². The van der Waals surface area contributed by atoms with Crippen molar-refractivity contribution in [3.05, 3.63) is 27.8 Å². The summed E-state index contributed by atoms with van der Waals surface area (Å²) in [5.41, 5.74) is 6.48. The van der Waals surface area contributed by atoms with Crippen molar-refractivity contribution < 1.29 is 14.4 Å². The van der Waals surface area contributed by atoms with Gasteiger partial charge in [0.1, 0.15) is 0 Å². The minimum Gasteiger partial charge on any atom is -0.493 e. The van der Waals surface area contributed by atoms with Gasteiger partial charge in [-0.2, -0.15) is 0 Å². The molecule has 0 aliphatic carbocycles. The SMILES string of the molecule is COc1cc([C@H](N)CC(C)C)c([N+](=O)[O-])cc1OC. The van der Waals surface area contributed by atoms with Gasteiger partial charge in [0, 0.05) is 6.04 Å². The van der Waals surface area contributed by atoms with Gasteiger partial charge in [-0.05, 0) is 18.4 Å². The average Bonchev–Trinajstić information content (AvgIpc) is 2.35. The van der Waals surface area contributed by atoms with Gasteiger partial charge in [0.15, 0.2) is 11.5 Å². The number of benzene rings is 1. The summed E-state index contributed by atoms with van der Waals surface area (Å²) in [6, 6.07) is 2.54. The Labute approximate surface area is 112 Å². The van der Waals surface area contributed by atoms with Crippen molar-refractivity contribution in [3.63, 3.8) is 0 Å². The largest absolute Gasteiger partial charge is 0.493 e. The lowest BCUT2D eigenvalue weighted by molar-refractivity contribution is -0.385. The second-order valence-corrected chi connectivity index (χ2v) is 4.76. The first-order valence-corrected chi connectivity index (χ1v) is 6.06. The molecule has 0 aliphatic rings. The predicted molar refractivity (Wildman–Crippen MR) is 72.6 cm³/mol. The van der Waals surface area contributed by atoms with Gasteiger partial charge in [0.25, 0.3) is 5.69 Å². The van der Waals surface area contributed by atoms with Crippen LogP contribution in [0.3, 0.4) is 0 Å². The van der Waals surface area contributed by atoms with Gasteiger partial charge in [0.05, 0.1) is 30.8 Å². The molecule has 0 heterocycles. The van der Waals surface area contributed by atoms with Crippen molar-refractivity contribution in [2.75, 3.05) is 14.2 Å². The van der Waals surface area contributed by atoms with Gasteiger partial charge in [0.2, 0.25) is 0 Å². The zero-order valence-corrected chi connectivity index (χ0v) is 11.7. The van der Waals surface area contributed by atoms with Gasteiger partial charge in [-0.3, -0.25) is 10.1 Å². The van der Waals surface area contributed by atoms with Crippen molar-refractivity contribution in [2.45, 2.75) is 26.3 Å². The van der Waals surface area contributed by atoms with E-state index in [2.05, 4.69) is 0 Å². The standard InChI is InChI=1S/C13H20N2O4/c1-8(2)5-10(14)9-6-12(18-3)13(19-4)7-11(9)15(16)17/h6-8,10H,5,14H2,1-4H3/t10-/m1/s1. The summed E-state index contributed by atoms with van der Waals surface area (Å²) in [6.45, 7) is 4.04. The highest BCUT2D eigenvalue weighted by molar-refractivity contribution is 5.55. The molecule has 1 atom stereocenters. The van der Waals surface area contributed by atoms with E-state index in [-0.39, 0.29) is 5.69 Å². The number of nitro groups is 1. The highest BCUT2D eigenvalue weighted by Gasteiger charge is 2.24. The predicted octanol–water partition coefficient (Wildman–Crippen LogP) is 2.66. The van der Waals surface area contributed by atoms with Crippen molar-refractivity contribution in [2.24, 2.45) is 11.7 Å². The molecule has 0 aromatic heterocycles. The van der Waals surface area contributed by atoms with Crippen LogP contribution >= 0.6 is 0 Å². The van der Waals surface area contributed by atoms with Crippen LogP contribution in [0, 0.1) is 16.0 Å².